The van der Waals surface area contributed by atoms with Crippen molar-refractivity contribution in [2.45, 2.75) is 12.3 Å². The van der Waals surface area contributed by atoms with Gasteiger partial charge in [-0.3, -0.25) is 4.98 Å². The topological polar surface area (TPSA) is 75.6 Å². The zero-order valence-electron chi connectivity index (χ0n) is 8.37. The summed E-state index contributed by atoms with van der Waals surface area (Å²) >= 11 is 0. The SMILES string of the molecule is N#CC1CC1c1nc(-c2cccnc2)no1. The zero-order valence-corrected chi connectivity index (χ0v) is 8.37. The van der Waals surface area contributed by atoms with Crippen molar-refractivity contribution < 1.29 is 4.52 Å². The van der Waals surface area contributed by atoms with Crippen LogP contribution in [-0.4, -0.2) is 15.1 Å². The fourth-order valence-corrected chi connectivity index (χ4v) is 1.61. The number of hydrogen-bond donors (Lipinski definition) is 0. The first-order valence-electron chi connectivity index (χ1n) is 5.02. The Bertz CT molecular complexity index is 543. The van der Waals surface area contributed by atoms with Crippen molar-refractivity contribution in [1.82, 2.24) is 15.1 Å². The molecule has 2 atom stereocenters. The molecule has 0 aliphatic heterocycles. The van der Waals surface area contributed by atoms with Gasteiger partial charge in [0.15, 0.2) is 0 Å². The molecule has 0 N–H and O–H groups in total. The minimum Gasteiger partial charge on any atom is -0.339 e. The molecule has 0 radical (unpaired) electrons. The van der Waals surface area contributed by atoms with Crippen LogP contribution < -0.4 is 0 Å². The maximum Gasteiger partial charge on any atom is 0.231 e. The van der Waals surface area contributed by atoms with E-state index in [0.717, 1.165) is 12.0 Å². The van der Waals surface area contributed by atoms with E-state index in [1.807, 2.05) is 12.1 Å². The van der Waals surface area contributed by atoms with E-state index in [1.54, 1.807) is 12.4 Å². The molecule has 5 heteroatoms. The van der Waals surface area contributed by atoms with Gasteiger partial charge in [0.2, 0.25) is 11.7 Å². The summed E-state index contributed by atoms with van der Waals surface area (Å²) in [5.41, 5.74) is 0.826. The van der Waals surface area contributed by atoms with Crippen molar-refractivity contribution in [3.8, 4) is 17.5 Å². The van der Waals surface area contributed by atoms with E-state index in [9.17, 15) is 0 Å². The third kappa shape index (κ3) is 1.44. The van der Waals surface area contributed by atoms with Crippen LogP contribution in [0.2, 0.25) is 0 Å². The van der Waals surface area contributed by atoms with Crippen LogP contribution in [0.25, 0.3) is 11.4 Å². The normalized spacial score (nSPS) is 22.7. The second-order valence-electron chi connectivity index (χ2n) is 3.78. The Kier molecular flexibility index (Phi) is 1.93. The smallest absolute Gasteiger partial charge is 0.231 e. The molecule has 5 nitrogen and oxygen atoms in total. The summed E-state index contributed by atoms with van der Waals surface area (Å²) < 4.78 is 5.14. The van der Waals surface area contributed by atoms with Crippen molar-refractivity contribution in [3.63, 3.8) is 0 Å². The first-order valence-corrected chi connectivity index (χ1v) is 5.02. The molecule has 1 aliphatic carbocycles. The molecule has 0 amide bonds. The Morgan fingerprint density at radius 3 is 3.12 bits per heavy atom. The van der Waals surface area contributed by atoms with E-state index in [1.165, 1.54) is 0 Å². The zero-order chi connectivity index (χ0) is 11.0. The minimum absolute atomic E-state index is 0.0437. The van der Waals surface area contributed by atoms with Crippen LogP contribution in [0, 0.1) is 17.2 Å². The molecule has 16 heavy (non-hydrogen) atoms. The third-order valence-corrected chi connectivity index (χ3v) is 2.63. The molecule has 1 aliphatic rings. The van der Waals surface area contributed by atoms with Gasteiger partial charge in [-0.2, -0.15) is 10.2 Å². The number of hydrogen-bond acceptors (Lipinski definition) is 5. The van der Waals surface area contributed by atoms with E-state index < -0.39 is 0 Å². The summed E-state index contributed by atoms with van der Waals surface area (Å²) in [4.78, 5) is 8.26. The van der Waals surface area contributed by atoms with Gasteiger partial charge in [-0.05, 0) is 18.6 Å². The Hall–Kier alpha value is -2.22. The summed E-state index contributed by atoms with van der Waals surface area (Å²) in [6.45, 7) is 0. The Labute approximate surface area is 91.7 Å². The van der Waals surface area contributed by atoms with Crippen LogP contribution in [0.15, 0.2) is 29.0 Å². The standard InChI is InChI=1S/C11H8N4O/c12-5-8-4-9(8)11-14-10(15-16-11)7-2-1-3-13-6-7/h1-3,6,8-9H,4H2. The van der Waals surface area contributed by atoms with Crippen LogP contribution in [-0.2, 0) is 0 Å². The van der Waals surface area contributed by atoms with Gasteiger partial charge in [0, 0.05) is 18.0 Å². The fourth-order valence-electron chi connectivity index (χ4n) is 1.61. The molecular weight excluding hydrogens is 204 g/mol. The lowest BCUT2D eigenvalue weighted by Crippen LogP contribution is -1.84. The molecule has 78 valence electrons. The van der Waals surface area contributed by atoms with Gasteiger partial charge in [-0.15, -0.1) is 0 Å². The maximum atomic E-state index is 8.71. The summed E-state index contributed by atoms with van der Waals surface area (Å²) in [5, 5.41) is 12.6. The van der Waals surface area contributed by atoms with E-state index in [-0.39, 0.29) is 11.8 Å². The van der Waals surface area contributed by atoms with Gasteiger partial charge in [-0.25, -0.2) is 0 Å². The van der Waals surface area contributed by atoms with Gasteiger partial charge in [0.25, 0.3) is 0 Å². The third-order valence-electron chi connectivity index (χ3n) is 2.63. The van der Waals surface area contributed by atoms with Gasteiger partial charge in [-0.1, -0.05) is 5.16 Å². The molecule has 2 aromatic rings. The van der Waals surface area contributed by atoms with Crippen molar-refractivity contribution in [1.29, 1.82) is 5.26 Å². The molecule has 2 heterocycles. The van der Waals surface area contributed by atoms with Crippen LogP contribution in [0.4, 0.5) is 0 Å². The number of nitrogens with zero attached hydrogens (tertiary/aromatic N) is 4. The fraction of sp³-hybridized carbons (Fsp3) is 0.273. The molecule has 0 bridgehead atoms. The number of nitriles is 1. The highest BCUT2D eigenvalue weighted by Gasteiger charge is 2.43. The molecule has 0 spiro atoms. The molecule has 0 saturated heterocycles. The Balaban J connectivity index is 1.87. The van der Waals surface area contributed by atoms with E-state index in [0.29, 0.717) is 11.7 Å². The summed E-state index contributed by atoms with van der Waals surface area (Å²) in [6.07, 6.45) is 4.20. The van der Waals surface area contributed by atoms with Crippen LogP contribution in [0.3, 0.4) is 0 Å². The van der Waals surface area contributed by atoms with Crippen LogP contribution in [0.1, 0.15) is 18.2 Å². The minimum atomic E-state index is 0.0437. The molecule has 1 fully saturated rings. The average Bonchev–Trinajstić information content (AvgIpc) is 2.98. The first kappa shape index (κ1) is 9.04. The lowest BCUT2D eigenvalue weighted by Gasteiger charge is -1.89. The molecule has 3 rings (SSSR count). The molecule has 2 unspecified atom stereocenters. The highest BCUT2D eigenvalue weighted by atomic mass is 16.5. The highest BCUT2D eigenvalue weighted by molar-refractivity contribution is 5.52. The van der Waals surface area contributed by atoms with Gasteiger partial charge in [0.05, 0.1) is 17.9 Å². The Morgan fingerprint density at radius 1 is 1.50 bits per heavy atom. The number of aromatic nitrogens is 3. The van der Waals surface area contributed by atoms with Gasteiger partial charge in [0.1, 0.15) is 0 Å². The summed E-state index contributed by atoms with van der Waals surface area (Å²) in [6, 6.07) is 5.89. The van der Waals surface area contributed by atoms with Crippen molar-refractivity contribution in [3.05, 3.63) is 30.4 Å². The number of pyridine rings is 1. The number of rotatable bonds is 2. The monoisotopic (exact) mass is 212 g/mol. The van der Waals surface area contributed by atoms with Crippen molar-refractivity contribution >= 4 is 0 Å². The molecular formula is C11H8N4O. The Morgan fingerprint density at radius 2 is 2.44 bits per heavy atom. The summed E-state index contributed by atoms with van der Waals surface area (Å²) in [7, 11) is 0. The predicted molar refractivity (Wildman–Crippen MR) is 54.0 cm³/mol. The van der Waals surface area contributed by atoms with Crippen LogP contribution in [0.5, 0.6) is 0 Å². The largest absolute Gasteiger partial charge is 0.339 e. The first-order chi connectivity index (χ1) is 7.88. The summed E-state index contributed by atoms with van der Waals surface area (Å²) in [5.74, 6) is 1.27. The lowest BCUT2D eigenvalue weighted by atomic mass is 10.3. The average molecular weight is 212 g/mol. The molecule has 2 aromatic heterocycles. The van der Waals surface area contributed by atoms with Crippen molar-refractivity contribution in [2.75, 3.05) is 0 Å². The maximum absolute atomic E-state index is 8.71. The molecule has 1 saturated carbocycles. The van der Waals surface area contributed by atoms with E-state index in [4.69, 9.17) is 9.78 Å². The second kappa shape index (κ2) is 3.42. The molecule has 0 aromatic carbocycles. The highest BCUT2D eigenvalue weighted by Crippen LogP contribution is 2.46. The van der Waals surface area contributed by atoms with Crippen LogP contribution >= 0.6 is 0 Å². The van der Waals surface area contributed by atoms with Gasteiger partial charge >= 0.3 is 0 Å². The van der Waals surface area contributed by atoms with Gasteiger partial charge < -0.3 is 4.52 Å². The van der Waals surface area contributed by atoms with Crippen molar-refractivity contribution in [2.24, 2.45) is 5.92 Å². The van der Waals surface area contributed by atoms with E-state index >= 15 is 0 Å². The predicted octanol–water partition coefficient (Wildman–Crippen LogP) is 1.76. The second-order valence-corrected chi connectivity index (χ2v) is 3.78. The van der Waals surface area contributed by atoms with E-state index in [2.05, 4.69) is 21.2 Å². The lowest BCUT2D eigenvalue weighted by molar-refractivity contribution is 0.378. The quantitative estimate of drug-likeness (QED) is 0.758.